The van der Waals surface area contributed by atoms with Crippen molar-refractivity contribution >= 4 is 33.4 Å². The van der Waals surface area contributed by atoms with Gasteiger partial charge in [0.05, 0.1) is 13.2 Å². The largest absolute Gasteiger partial charge is 0.378 e. The molecule has 1 fully saturated rings. The average molecular weight is 445 g/mol. The molecule has 1 N–H and O–H groups in total. The van der Waals surface area contributed by atoms with E-state index >= 15 is 0 Å². The van der Waals surface area contributed by atoms with Crippen LogP contribution < -0.4 is 5.32 Å². The second-order valence-corrected chi connectivity index (χ2v) is 7.78. The topological polar surface area (TPSA) is 58.6 Å². The van der Waals surface area contributed by atoms with E-state index in [1.807, 2.05) is 12.1 Å². The zero-order valence-electron chi connectivity index (χ0n) is 15.8. The molecule has 0 unspecified atom stereocenters. The normalized spacial score (nSPS) is 14.0. The van der Waals surface area contributed by atoms with Crippen LogP contribution in [0.3, 0.4) is 0 Å². The lowest BCUT2D eigenvalue weighted by Gasteiger charge is -2.26. The van der Waals surface area contributed by atoms with Crippen LogP contribution in [0, 0.1) is 0 Å². The minimum absolute atomic E-state index is 0.00284. The quantitative estimate of drug-likeness (QED) is 0.648. The van der Waals surface area contributed by atoms with Gasteiger partial charge in [-0.3, -0.25) is 9.59 Å². The van der Waals surface area contributed by atoms with Crippen molar-refractivity contribution in [3.63, 3.8) is 0 Å². The minimum atomic E-state index is 0.00284. The summed E-state index contributed by atoms with van der Waals surface area (Å²) in [6, 6.07) is 15.4. The van der Waals surface area contributed by atoms with Crippen LogP contribution in [0.5, 0.6) is 0 Å². The number of amides is 2. The van der Waals surface area contributed by atoms with Crippen LogP contribution in [0.25, 0.3) is 0 Å². The fraction of sp³-hybridized carbons (Fsp3) is 0.364. The third-order valence-corrected chi connectivity index (χ3v) is 5.28. The van der Waals surface area contributed by atoms with Gasteiger partial charge in [-0.25, -0.2) is 0 Å². The molecule has 0 bridgehead atoms. The SMILES string of the molecule is O=C(CCCCc1ccc(Br)cc1)Nc1ccc(C(=O)N2CCOCC2)cc1. The highest BCUT2D eigenvalue weighted by Crippen LogP contribution is 2.15. The molecule has 1 saturated heterocycles. The van der Waals surface area contributed by atoms with Gasteiger partial charge in [-0.15, -0.1) is 0 Å². The molecule has 0 atom stereocenters. The Morgan fingerprint density at radius 3 is 2.32 bits per heavy atom. The lowest BCUT2D eigenvalue weighted by atomic mass is 10.1. The summed E-state index contributed by atoms with van der Waals surface area (Å²) in [7, 11) is 0. The van der Waals surface area contributed by atoms with Crippen molar-refractivity contribution in [2.75, 3.05) is 31.6 Å². The highest BCUT2D eigenvalue weighted by Gasteiger charge is 2.18. The van der Waals surface area contributed by atoms with Gasteiger partial charge in [0.1, 0.15) is 0 Å². The van der Waals surface area contributed by atoms with E-state index in [9.17, 15) is 9.59 Å². The maximum atomic E-state index is 12.4. The van der Waals surface area contributed by atoms with Gasteiger partial charge in [0.15, 0.2) is 0 Å². The number of anilines is 1. The molecule has 0 radical (unpaired) electrons. The van der Waals surface area contributed by atoms with Gasteiger partial charge in [0.25, 0.3) is 5.91 Å². The number of hydrogen-bond donors (Lipinski definition) is 1. The Kier molecular flexibility index (Phi) is 7.62. The molecule has 2 aromatic rings. The molecule has 3 rings (SSSR count). The molecule has 6 heteroatoms. The average Bonchev–Trinajstić information content (AvgIpc) is 2.73. The summed E-state index contributed by atoms with van der Waals surface area (Å²) in [5.74, 6) is 0.0113. The van der Waals surface area contributed by atoms with E-state index in [0.717, 1.165) is 29.4 Å². The van der Waals surface area contributed by atoms with Crippen molar-refractivity contribution in [2.24, 2.45) is 0 Å². The summed E-state index contributed by atoms with van der Waals surface area (Å²) >= 11 is 3.43. The molecule has 148 valence electrons. The van der Waals surface area contributed by atoms with Crippen LogP contribution in [0.4, 0.5) is 5.69 Å². The number of benzene rings is 2. The number of rotatable bonds is 7. The van der Waals surface area contributed by atoms with E-state index < -0.39 is 0 Å². The number of halogens is 1. The molecule has 1 aliphatic rings. The molecule has 0 spiro atoms. The first-order valence-corrected chi connectivity index (χ1v) is 10.4. The van der Waals surface area contributed by atoms with Crippen molar-refractivity contribution < 1.29 is 14.3 Å². The number of unbranched alkanes of at least 4 members (excludes halogenated alkanes) is 1. The van der Waals surface area contributed by atoms with Gasteiger partial charge >= 0.3 is 0 Å². The number of ether oxygens (including phenoxy) is 1. The summed E-state index contributed by atoms with van der Waals surface area (Å²) < 4.78 is 6.35. The van der Waals surface area contributed by atoms with Gasteiger partial charge in [-0.1, -0.05) is 28.1 Å². The van der Waals surface area contributed by atoms with E-state index in [4.69, 9.17) is 4.74 Å². The first-order valence-electron chi connectivity index (χ1n) is 9.63. The van der Waals surface area contributed by atoms with Crippen LogP contribution in [-0.2, 0) is 16.0 Å². The molecule has 1 aliphatic heterocycles. The Labute approximate surface area is 174 Å². The predicted molar refractivity (Wildman–Crippen MR) is 113 cm³/mol. The highest BCUT2D eigenvalue weighted by molar-refractivity contribution is 9.10. The van der Waals surface area contributed by atoms with Crippen LogP contribution in [0.15, 0.2) is 53.0 Å². The van der Waals surface area contributed by atoms with Crippen LogP contribution in [0.2, 0.25) is 0 Å². The predicted octanol–water partition coefficient (Wildman–Crippen LogP) is 4.27. The fourth-order valence-electron chi connectivity index (χ4n) is 3.13. The molecule has 5 nitrogen and oxygen atoms in total. The van der Waals surface area contributed by atoms with Crippen molar-refractivity contribution in [1.82, 2.24) is 4.90 Å². The number of nitrogens with zero attached hydrogens (tertiary/aromatic N) is 1. The van der Waals surface area contributed by atoms with Gasteiger partial charge in [-0.05, 0) is 61.2 Å². The molecule has 28 heavy (non-hydrogen) atoms. The third kappa shape index (κ3) is 6.17. The molecule has 2 aromatic carbocycles. The minimum Gasteiger partial charge on any atom is -0.378 e. The number of hydrogen-bond acceptors (Lipinski definition) is 3. The van der Waals surface area contributed by atoms with Crippen molar-refractivity contribution in [3.05, 3.63) is 64.1 Å². The van der Waals surface area contributed by atoms with Gasteiger partial charge in [-0.2, -0.15) is 0 Å². The van der Waals surface area contributed by atoms with E-state index in [0.29, 0.717) is 38.3 Å². The Hall–Kier alpha value is -2.18. The van der Waals surface area contributed by atoms with Crippen molar-refractivity contribution in [2.45, 2.75) is 25.7 Å². The first-order chi connectivity index (χ1) is 13.6. The maximum absolute atomic E-state index is 12.4. The molecular formula is C22H25BrN2O3. The van der Waals surface area contributed by atoms with E-state index in [1.165, 1.54) is 5.56 Å². The number of aryl methyl sites for hydroxylation is 1. The molecule has 0 saturated carbocycles. The highest BCUT2D eigenvalue weighted by atomic mass is 79.9. The summed E-state index contributed by atoms with van der Waals surface area (Å²) in [4.78, 5) is 26.3. The van der Waals surface area contributed by atoms with Crippen molar-refractivity contribution in [3.8, 4) is 0 Å². The smallest absolute Gasteiger partial charge is 0.254 e. The molecule has 1 heterocycles. The Balaban J connectivity index is 1.40. The van der Waals surface area contributed by atoms with Crippen LogP contribution in [-0.4, -0.2) is 43.0 Å². The second kappa shape index (κ2) is 10.4. The zero-order chi connectivity index (χ0) is 19.8. The monoisotopic (exact) mass is 444 g/mol. The summed E-state index contributed by atoms with van der Waals surface area (Å²) in [6.07, 6.45) is 3.28. The summed E-state index contributed by atoms with van der Waals surface area (Å²) in [5.41, 5.74) is 2.63. The maximum Gasteiger partial charge on any atom is 0.254 e. The standard InChI is InChI=1S/C22H25BrN2O3/c23-19-9-5-17(6-10-19)3-1-2-4-21(26)24-20-11-7-18(8-12-20)22(27)25-13-15-28-16-14-25/h5-12H,1-4,13-16H2,(H,24,26). The van der Waals surface area contributed by atoms with Gasteiger partial charge < -0.3 is 15.0 Å². The summed E-state index contributed by atoms with van der Waals surface area (Å²) in [5, 5.41) is 2.90. The number of carbonyl (C=O) groups excluding carboxylic acids is 2. The molecule has 0 aliphatic carbocycles. The Morgan fingerprint density at radius 2 is 1.64 bits per heavy atom. The molecular weight excluding hydrogens is 420 g/mol. The van der Waals surface area contributed by atoms with Gasteiger partial charge in [0, 0.05) is 35.2 Å². The number of morpholine rings is 1. The van der Waals surface area contributed by atoms with Crippen LogP contribution in [0.1, 0.15) is 35.2 Å². The number of nitrogens with one attached hydrogen (secondary N) is 1. The van der Waals surface area contributed by atoms with Gasteiger partial charge in [0.2, 0.25) is 5.91 Å². The third-order valence-electron chi connectivity index (χ3n) is 4.75. The zero-order valence-corrected chi connectivity index (χ0v) is 17.4. The lowest BCUT2D eigenvalue weighted by molar-refractivity contribution is -0.116. The Morgan fingerprint density at radius 1 is 0.964 bits per heavy atom. The lowest BCUT2D eigenvalue weighted by Crippen LogP contribution is -2.40. The Bertz CT molecular complexity index is 784. The second-order valence-electron chi connectivity index (χ2n) is 6.86. The van der Waals surface area contributed by atoms with E-state index in [1.54, 1.807) is 29.2 Å². The summed E-state index contributed by atoms with van der Waals surface area (Å²) in [6.45, 7) is 2.42. The van der Waals surface area contributed by atoms with E-state index in [2.05, 4.69) is 33.4 Å². The van der Waals surface area contributed by atoms with Crippen molar-refractivity contribution in [1.29, 1.82) is 0 Å². The fourth-order valence-corrected chi connectivity index (χ4v) is 3.40. The molecule has 0 aromatic heterocycles. The number of carbonyl (C=O) groups is 2. The first kappa shape index (κ1) is 20.6. The van der Waals surface area contributed by atoms with Crippen LogP contribution >= 0.6 is 15.9 Å². The molecule has 2 amide bonds. The van der Waals surface area contributed by atoms with E-state index in [-0.39, 0.29) is 11.8 Å².